The third-order valence-electron chi connectivity index (χ3n) is 3.41. The van der Waals surface area contributed by atoms with Crippen LogP contribution in [0.3, 0.4) is 0 Å². The number of para-hydroxylation sites is 1. The van der Waals surface area contributed by atoms with E-state index in [2.05, 4.69) is 29.3 Å². The molecule has 0 heterocycles. The molecule has 0 amide bonds. The Balaban J connectivity index is 1.73. The maximum atomic E-state index is 5.53. The van der Waals surface area contributed by atoms with E-state index in [0.29, 0.717) is 6.61 Å². The normalized spacial score (nSPS) is 14.4. The molecule has 0 unspecified atom stereocenters. The zero-order valence-electron chi connectivity index (χ0n) is 11.6. The van der Waals surface area contributed by atoms with Gasteiger partial charge in [0.1, 0.15) is 12.4 Å². The largest absolute Gasteiger partial charge is 0.481 e. The highest BCUT2D eigenvalue weighted by molar-refractivity contribution is 5.33. The zero-order chi connectivity index (χ0) is 13.5. The average molecular weight is 258 g/mol. The van der Waals surface area contributed by atoms with Gasteiger partial charge in [-0.2, -0.15) is 0 Å². The van der Waals surface area contributed by atoms with E-state index in [9.17, 15) is 0 Å². The molecule has 0 radical (unpaired) electrons. The molecule has 1 saturated carbocycles. The van der Waals surface area contributed by atoms with Crippen LogP contribution >= 0.6 is 0 Å². The summed E-state index contributed by atoms with van der Waals surface area (Å²) in [7, 11) is 2.20. The predicted molar refractivity (Wildman–Crippen MR) is 78.1 cm³/mol. The van der Waals surface area contributed by atoms with Crippen LogP contribution in [0.15, 0.2) is 24.3 Å². The van der Waals surface area contributed by atoms with Crippen LogP contribution in [0.2, 0.25) is 0 Å². The van der Waals surface area contributed by atoms with Gasteiger partial charge < -0.3 is 15.0 Å². The van der Waals surface area contributed by atoms with Crippen molar-refractivity contribution >= 4 is 0 Å². The van der Waals surface area contributed by atoms with Gasteiger partial charge in [0, 0.05) is 31.2 Å². The number of likely N-dealkylation sites (N-methyl/N-ethyl adjacent to an activating group) is 1. The van der Waals surface area contributed by atoms with Crippen molar-refractivity contribution in [1.82, 2.24) is 10.2 Å². The summed E-state index contributed by atoms with van der Waals surface area (Å²) >= 11 is 0. The van der Waals surface area contributed by atoms with Crippen LogP contribution in [0, 0.1) is 12.3 Å². The standard InChI is InChI=1S/C16H22N2O/c1-3-12-19-16-7-5-4-6-14(16)13-17-10-11-18(2)15-8-9-15/h1,4-7,15,17H,8-13H2,2H3. The monoisotopic (exact) mass is 258 g/mol. The molecule has 0 saturated heterocycles. The lowest BCUT2D eigenvalue weighted by atomic mass is 10.2. The van der Waals surface area contributed by atoms with Crippen molar-refractivity contribution in [2.24, 2.45) is 0 Å². The molecule has 0 bridgehead atoms. The van der Waals surface area contributed by atoms with Gasteiger partial charge in [-0.05, 0) is 26.0 Å². The number of hydrogen-bond acceptors (Lipinski definition) is 3. The molecule has 0 atom stereocenters. The second-order valence-corrected chi connectivity index (χ2v) is 4.99. The number of benzene rings is 1. The van der Waals surface area contributed by atoms with Crippen LogP contribution in [0.4, 0.5) is 0 Å². The van der Waals surface area contributed by atoms with Gasteiger partial charge in [-0.15, -0.1) is 6.42 Å². The average Bonchev–Trinajstić information content (AvgIpc) is 3.26. The summed E-state index contributed by atoms with van der Waals surface area (Å²) in [5, 5.41) is 3.46. The molecule has 0 aliphatic heterocycles. The Hall–Kier alpha value is -1.50. The molecule has 2 rings (SSSR count). The van der Waals surface area contributed by atoms with Crippen molar-refractivity contribution in [3.05, 3.63) is 29.8 Å². The van der Waals surface area contributed by atoms with Crippen LogP contribution in [0.25, 0.3) is 0 Å². The van der Waals surface area contributed by atoms with Crippen molar-refractivity contribution < 1.29 is 4.74 Å². The Labute approximate surface area is 115 Å². The van der Waals surface area contributed by atoms with Crippen LogP contribution in [0.1, 0.15) is 18.4 Å². The van der Waals surface area contributed by atoms with E-state index in [0.717, 1.165) is 37.0 Å². The lowest BCUT2D eigenvalue weighted by molar-refractivity contribution is 0.320. The summed E-state index contributed by atoms with van der Waals surface area (Å²) < 4.78 is 5.53. The smallest absolute Gasteiger partial charge is 0.148 e. The minimum absolute atomic E-state index is 0.321. The van der Waals surface area contributed by atoms with Gasteiger partial charge in [0.2, 0.25) is 0 Å². The highest BCUT2D eigenvalue weighted by Crippen LogP contribution is 2.24. The molecule has 102 valence electrons. The molecule has 3 nitrogen and oxygen atoms in total. The molecule has 0 spiro atoms. The Kier molecular flexibility index (Phi) is 5.26. The van der Waals surface area contributed by atoms with Crippen molar-refractivity contribution in [1.29, 1.82) is 0 Å². The first-order valence-electron chi connectivity index (χ1n) is 6.86. The van der Waals surface area contributed by atoms with Crippen molar-refractivity contribution in [3.8, 4) is 18.1 Å². The fraction of sp³-hybridized carbons (Fsp3) is 0.500. The van der Waals surface area contributed by atoms with E-state index in [4.69, 9.17) is 11.2 Å². The second-order valence-electron chi connectivity index (χ2n) is 4.99. The van der Waals surface area contributed by atoms with E-state index in [1.165, 1.54) is 12.8 Å². The molecular weight excluding hydrogens is 236 g/mol. The summed E-state index contributed by atoms with van der Waals surface area (Å²) in [6, 6.07) is 8.86. The molecule has 1 aromatic carbocycles. The molecule has 1 aliphatic rings. The van der Waals surface area contributed by atoms with Crippen molar-refractivity contribution in [3.63, 3.8) is 0 Å². The summed E-state index contributed by atoms with van der Waals surface area (Å²) in [5.74, 6) is 3.37. The lowest BCUT2D eigenvalue weighted by Gasteiger charge is -2.16. The minimum Gasteiger partial charge on any atom is -0.481 e. The second kappa shape index (κ2) is 7.18. The van der Waals surface area contributed by atoms with Gasteiger partial charge in [0.25, 0.3) is 0 Å². The Morgan fingerprint density at radius 3 is 2.95 bits per heavy atom. The summed E-state index contributed by atoms with van der Waals surface area (Å²) in [4.78, 5) is 2.42. The molecule has 1 aliphatic carbocycles. The molecule has 3 heteroatoms. The predicted octanol–water partition coefficient (Wildman–Crippen LogP) is 1.88. The number of rotatable bonds is 8. The molecule has 1 fully saturated rings. The Morgan fingerprint density at radius 1 is 1.42 bits per heavy atom. The first-order chi connectivity index (χ1) is 9.31. The quantitative estimate of drug-likeness (QED) is 0.569. The highest BCUT2D eigenvalue weighted by Gasteiger charge is 2.25. The fourth-order valence-corrected chi connectivity index (χ4v) is 2.09. The van der Waals surface area contributed by atoms with Crippen LogP contribution in [-0.2, 0) is 6.54 Å². The number of nitrogens with one attached hydrogen (secondary N) is 1. The van der Waals surface area contributed by atoms with E-state index in [-0.39, 0.29) is 0 Å². The van der Waals surface area contributed by atoms with Crippen LogP contribution in [-0.4, -0.2) is 37.7 Å². The summed E-state index contributed by atoms with van der Waals surface area (Å²) in [6.45, 7) is 3.23. The Morgan fingerprint density at radius 2 is 2.21 bits per heavy atom. The molecular formula is C16H22N2O. The molecule has 1 N–H and O–H groups in total. The van der Waals surface area contributed by atoms with Gasteiger partial charge in [0.15, 0.2) is 0 Å². The first-order valence-corrected chi connectivity index (χ1v) is 6.86. The SMILES string of the molecule is C#CCOc1ccccc1CNCCN(C)C1CC1. The minimum atomic E-state index is 0.321. The number of nitrogens with zero attached hydrogens (tertiary/aromatic N) is 1. The topological polar surface area (TPSA) is 24.5 Å². The van der Waals surface area contributed by atoms with Gasteiger partial charge in [0.05, 0.1) is 0 Å². The number of ether oxygens (including phenoxy) is 1. The van der Waals surface area contributed by atoms with E-state index < -0.39 is 0 Å². The maximum absolute atomic E-state index is 5.53. The number of terminal acetylenes is 1. The van der Waals surface area contributed by atoms with Gasteiger partial charge in [-0.1, -0.05) is 24.1 Å². The third kappa shape index (κ3) is 4.59. The van der Waals surface area contributed by atoms with E-state index >= 15 is 0 Å². The Bertz CT molecular complexity index is 435. The van der Waals surface area contributed by atoms with Crippen LogP contribution in [0.5, 0.6) is 5.75 Å². The highest BCUT2D eigenvalue weighted by atomic mass is 16.5. The van der Waals surface area contributed by atoms with E-state index in [1.807, 2.05) is 18.2 Å². The first kappa shape index (κ1) is 13.9. The van der Waals surface area contributed by atoms with Crippen molar-refractivity contribution in [2.45, 2.75) is 25.4 Å². The maximum Gasteiger partial charge on any atom is 0.148 e. The third-order valence-corrected chi connectivity index (χ3v) is 3.41. The van der Waals surface area contributed by atoms with Crippen molar-refractivity contribution in [2.75, 3.05) is 26.7 Å². The molecule has 0 aromatic heterocycles. The van der Waals surface area contributed by atoms with E-state index in [1.54, 1.807) is 0 Å². The summed E-state index contributed by atoms with van der Waals surface area (Å²) in [5.41, 5.74) is 1.16. The zero-order valence-corrected chi connectivity index (χ0v) is 11.6. The fourth-order valence-electron chi connectivity index (χ4n) is 2.09. The summed E-state index contributed by atoms with van der Waals surface area (Å²) in [6.07, 6.45) is 7.94. The van der Waals surface area contributed by atoms with Gasteiger partial charge >= 0.3 is 0 Å². The van der Waals surface area contributed by atoms with Gasteiger partial charge in [-0.3, -0.25) is 0 Å². The molecule has 19 heavy (non-hydrogen) atoms. The lowest BCUT2D eigenvalue weighted by Crippen LogP contribution is -2.30. The number of hydrogen-bond donors (Lipinski definition) is 1. The molecule has 1 aromatic rings. The van der Waals surface area contributed by atoms with Gasteiger partial charge in [-0.25, -0.2) is 0 Å². The van der Waals surface area contributed by atoms with Crippen LogP contribution < -0.4 is 10.1 Å².